The molecule has 0 unspecified atom stereocenters. The Morgan fingerprint density at radius 2 is 1.90 bits per heavy atom. The second-order valence-corrected chi connectivity index (χ2v) is 5.29. The maximum atomic E-state index is 13.0. The molecule has 21 heavy (non-hydrogen) atoms. The average molecular weight is 294 g/mol. The van der Waals surface area contributed by atoms with Gasteiger partial charge in [0.25, 0.3) is 11.8 Å². The number of amides is 4. The molecule has 1 saturated heterocycles. The van der Waals surface area contributed by atoms with Crippen molar-refractivity contribution in [2.45, 2.75) is 38.8 Å². The standard InChI is InChI=1S/C15H19FN2O3/c1-2-18-14(20)12(13(19)17-15(18)21)5-3-4-10-6-8-11(16)9-7-10/h3-5,10-11H,2,6-9H2,1H3,(H,17,19,21)/b4-3+,12-5+. The fourth-order valence-electron chi connectivity index (χ4n) is 2.58. The number of nitrogens with one attached hydrogen (secondary N) is 1. The van der Waals surface area contributed by atoms with Crippen molar-refractivity contribution < 1.29 is 18.8 Å². The van der Waals surface area contributed by atoms with E-state index in [9.17, 15) is 18.8 Å². The fourth-order valence-corrected chi connectivity index (χ4v) is 2.58. The summed E-state index contributed by atoms with van der Waals surface area (Å²) in [5, 5.41) is 2.13. The Kier molecular flexibility index (Phi) is 4.88. The number of likely N-dealkylation sites (N-methyl/N-ethyl adjacent to an activating group) is 1. The molecule has 0 aromatic rings. The highest BCUT2D eigenvalue weighted by Crippen LogP contribution is 2.27. The Bertz CT molecular complexity index is 505. The van der Waals surface area contributed by atoms with Crippen LogP contribution in [0.25, 0.3) is 0 Å². The molecule has 0 spiro atoms. The van der Waals surface area contributed by atoms with Gasteiger partial charge in [0.05, 0.1) is 0 Å². The van der Waals surface area contributed by atoms with Gasteiger partial charge in [0.15, 0.2) is 0 Å². The third kappa shape index (κ3) is 3.56. The second-order valence-electron chi connectivity index (χ2n) is 5.29. The van der Waals surface area contributed by atoms with Crippen LogP contribution in [0.4, 0.5) is 9.18 Å². The van der Waals surface area contributed by atoms with Crippen LogP contribution in [0.5, 0.6) is 0 Å². The van der Waals surface area contributed by atoms with Crippen LogP contribution in [0.3, 0.4) is 0 Å². The molecule has 4 amide bonds. The van der Waals surface area contributed by atoms with E-state index in [0.717, 1.165) is 17.7 Å². The van der Waals surface area contributed by atoms with Gasteiger partial charge in [-0.05, 0) is 44.6 Å². The Labute approximate surface area is 122 Å². The van der Waals surface area contributed by atoms with E-state index >= 15 is 0 Å². The number of imide groups is 2. The minimum Gasteiger partial charge on any atom is -0.273 e. The van der Waals surface area contributed by atoms with Crippen molar-refractivity contribution in [2.24, 2.45) is 5.92 Å². The van der Waals surface area contributed by atoms with E-state index in [4.69, 9.17) is 0 Å². The fraction of sp³-hybridized carbons (Fsp3) is 0.533. The number of alkyl halides is 1. The molecule has 0 aromatic carbocycles. The van der Waals surface area contributed by atoms with Crippen molar-refractivity contribution in [1.82, 2.24) is 10.2 Å². The van der Waals surface area contributed by atoms with Crippen LogP contribution in [0, 0.1) is 5.92 Å². The normalized spacial score (nSPS) is 29.3. The Hall–Kier alpha value is -1.98. The van der Waals surface area contributed by atoms with Crippen LogP contribution in [0.2, 0.25) is 0 Å². The van der Waals surface area contributed by atoms with Gasteiger partial charge in [0.2, 0.25) is 0 Å². The third-order valence-electron chi connectivity index (χ3n) is 3.85. The lowest BCUT2D eigenvalue weighted by Crippen LogP contribution is -2.53. The summed E-state index contributed by atoms with van der Waals surface area (Å²) in [4.78, 5) is 36.1. The highest BCUT2D eigenvalue weighted by Gasteiger charge is 2.34. The number of barbiturate groups is 1. The summed E-state index contributed by atoms with van der Waals surface area (Å²) < 4.78 is 13.0. The largest absolute Gasteiger partial charge is 0.331 e. The van der Waals surface area contributed by atoms with E-state index < -0.39 is 24.0 Å². The number of hydrogen-bond donors (Lipinski definition) is 1. The number of nitrogens with zero attached hydrogens (tertiary/aromatic N) is 1. The molecule has 2 rings (SSSR count). The molecule has 1 aliphatic heterocycles. The highest BCUT2D eigenvalue weighted by molar-refractivity contribution is 6.28. The van der Waals surface area contributed by atoms with Gasteiger partial charge in [0.1, 0.15) is 11.7 Å². The zero-order chi connectivity index (χ0) is 15.4. The van der Waals surface area contributed by atoms with Gasteiger partial charge in [-0.25, -0.2) is 9.18 Å². The lowest BCUT2D eigenvalue weighted by atomic mass is 9.88. The highest BCUT2D eigenvalue weighted by atomic mass is 19.1. The molecule has 1 aliphatic carbocycles. The molecule has 1 N–H and O–H groups in total. The van der Waals surface area contributed by atoms with E-state index in [-0.39, 0.29) is 18.0 Å². The van der Waals surface area contributed by atoms with Gasteiger partial charge in [0, 0.05) is 6.54 Å². The molecule has 2 aliphatic rings. The molecule has 0 atom stereocenters. The SMILES string of the molecule is CCN1C(=O)NC(=O)/C(=C\C=C\C2CCC(F)CC2)C1=O. The smallest absolute Gasteiger partial charge is 0.273 e. The van der Waals surface area contributed by atoms with Crippen molar-refractivity contribution in [3.05, 3.63) is 23.8 Å². The van der Waals surface area contributed by atoms with Crippen molar-refractivity contribution in [2.75, 3.05) is 6.54 Å². The third-order valence-corrected chi connectivity index (χ3v) is 3.85. The van der Waals surface area contributed by atoms with Crippen molar-refractivity contribution in [3.8, 4) is 0 Å². The first-order valence-corrected chi connectivity index (χ1v) is 7.22. The number of allylic oxidation sites excluding steroid dienone is 3. The molecule has 1 saturated carbocycles. The molecule has 0 bridgehead atoms. The minimum atomic E-state index is -0.706. The Morgan fingerprint density at radius 3 is 2.52 bits per heavy atom. The van der Waals surface area contributed by atoms with Crippen LogP contribution >= 0.6 is 0 Å². The van der Waals surface area contributed by atoms with Crippen molar-refractivity contribution >= 4 is 17.8 Å². The summed E-state index contributed by atoms with van der Waals surface area (Å²) in [5.74, 6) is -0.977. The summed E-state index contributed by atoms with van der Waals surface area (Å²) in [5.41, 5.74) is -0.0492. The monoisotopic (exact) mass is 294 g/mol. The van der Waals surface area contributed by atoms with Gasteiger partial charge in [-0.2, -0.15) is 0 Å². The number of rotatable bonds is 3. The minimum absolute atomic E-state index is 0.0492. The van der Waals surface area contributed by atoms with Gasteiger partial charge >= 0.3 is 6.03 Å². The molecule has 0 aromatic heterocycles. The first-order valence-electron chi connectivity index (χ1n) is 7.22. The molecule has 0 radical (unpaired) electrons. The van der Waals surface area contributed by atoms with Crippen LogP contribution in [0.15, 0.2) is 23.8 Å². The maximum absolute atomic E-state index is 13.0. The Balaban J connectivity index is 2.03. The predicted octanol–water partition coefficient (Wildman–Crippen LogP) is 2.10. The quantitative estimate of drug-likeness (QED) is 0.640. The molecule has 114 valence electrons. The van der Waals surface area contributed by atoms with Crippen molar-refractivity contribution in [1.29, 1.82) is 0 Å². The van der Waals surface area contributed by atoms with Crippen molar-refractivity contribution in [3.63, 3.8) is 0 Å². The van der Waals surface area contributed by atoms with Crippen LogP contribution in [-0.2, 0) is 9.59 Å². The Morgan fingerprint density at radius 1 is 1.24 bits per heavy atom. The van der Waals surface area contributed by atoms with Gasteiger partial charge in [-0.15, -0.1) is 0 Å². The predicted molar refractivity (Wildman–Crippen MR) is 75.0 cm³/mol. The summed E-state index contributed by atoms with van der Waals surface area (Å²) in [6.07, 6.45) is 6.94. The number of carbonyl (C=O) groups is 3. The molecular formula is C15H19FN2O3. The zero-order valence-corrected chi connectivity index (χ0v) is 12.0. The van der Waals surface area contributed by atoms with E-state index in [2.05, 4.69) is 5.32 Å². The van der Waals surface area contributed by atoms with E-state index in [0.29, 0.717) is 12.8 Å². The zero-order valence-electron chi connectivity index (χ0n) is 12.0. The molecule has 6 heteroatoms. The number of carbonyl (C=O) groups excluding carboxylic acids is 3. The second kappa shape index (κ2) is 6.65. The number of halogens is 1. The molecule has 5 nitrogen and oxygen atoms in total. The first-order chi connectivity index (χ1) is 10.0. The maximum Gasteiger partial charge on any atom is 0.331 e. The summed E-state index contributed by atoms with van der Waals surface area (Å²) in [7, 11) is 0. The topological polar surface area (TPSA) is 66.5 Å². The van der Waals surface area contributed by atoms with E-state index in [1.54, 1.807) is 13.0 Å². The molecule has 2 fully saturated rings. The average Bonchev–Trinajstić information content (AvgIpc) is 2.44. The van der Waals surface area contributed by atoms with Gasteiger partial charge in [-0.3, -0.25) is 19.8 Å². The lowest BCUT2D eigenvalue weighted by Gasteiger charge is -2.24. The van der Waals surface area contributed by atoms with Gasteiger partial charge in [-0.1, -0.05) is 12.2 Å². The molecular weight excluding hydrogens is 275 g/mol. The van der Waals surface area contributed by atoms with Crippen LogP contribution in [0.1, 0.15) is 32.6 Å². The van der Waals surface area contributed by atoms with Crippen LogP contribution in [-0.4, -0.2) is 35.5 Å². The summed E-state index contributed by atoms with van der Waals surface area (Å²) >= 11 is 0. The number of hydrogen-bond acceptors (Lipinski definition) is 3. The van der Waals surface area contributed by atoms with E-state index in [1.807, 2.05) is 6.08 Å². The molecule has 1 heterocycles. The van der Waals surface area contributed by atoms with Crippen LogP contribution < -0.4 is 5.32 Å². The van der Waals surface area contributed by atoms with E-state index in [1.165, 1.54) is 6.08 Å². The summed E-state index contributed by atoms with van der Waals surface area (Å²) in [6, 6.07) is -0.685. The number of urea groups is 1. The van der Waals surface area contributed by atoms with Gasteiger partial charge < -0.3 is 0 Å². The first kappa shape index (κ1) is 15.4. The summed E-state index contributed by atoms with van der Waals surface area (Å²) in [6.45, 7) is 1.87. The lowest BCUT2D eigenvalue weighted by molar-refractivity contribution is -0.130.